The summed E-state index contributed by atoms with van der Waals surface area (Å²) < 4.78 is 16.9. The number of halogens is 1. The van der Waals surface area contributed by atoms with Gasteiger partial charge in [-0.15, -0.1) is 11.3 Å². The van der Waals surface area contributed by atoms with E-state index in [4.69, 9.17) is 14.2 Å². The van der Waals surface area contributed by atoms with Gasteiger partial charge in [0.25, 0.3) is 0 Å². The molecular weight excluding hydrogens is 498 g/mol. The number of ether oxygens (including phenoxy) is 3. The fraction of sp³-hybridized carbons (Fsp3) is 0.435. The lowest BCUT2D eigenvalue weighted by atomic mass is 10.1. The highest BCUT2D eigenvalue weighted by Crippen LogP contribution is 2.34. The van der Waals surface area contributed by atoms with Gasteiger partial charge in [0, 0.05) is 6.42 Å². The first-order valence-electron chi connectivity index (χ1n) is 10.3. The average molecular weight is 526 g/mol. The quantitative estimate of drug-likeness (QED) is 0.317. The number of aryl methyl sites for hydroxylation is 1. The Morgan fingerprint density at radius 1 is 1.16 bits per heavy atom. The van der Waals surface area contributed by atoms with Gasteiger partial charge in [0.15, 0.2) is 0 Å². The third-order valence-corrected chi connectivity index (χ3v) is 6.11. The molecule has 0 aliphatic rings. The first-order valence-corrected chi connectivity index (χ1v) is 11.9. The zero-order valence-corrected chi connectivity index (χ0v) is 21.3. The summed E-state index contributed by atoms with van der Waals surface area (Å²) in [5.74, 6) is -0.701. The number of benzene rings is 1. The Bertz CT molecular complexity index is 985. The van der Waals surface area contributed by atoms with Gasteiger partial charge in [-0.1, -0.05) is 6.07 Å². The molecule has 2 rings (SSSR count). The third kappa shape index (κ3) is 7.06. The van der Waals surface area contributed by atoms with Crippen molar-refractivity contribution in [3.05, 3.63) is 44.2 Å². The SMILES string of the molecule is CCOC(=O)c1c(NC(=O)CCCOc2ccc(C)cc2Br)sc(C(=O)OC(C)C)c1C. The van der Waals surface area contributed by atoms with Crippen LogP contribution in [0.1, 0.15) is 64.8 Å². The highest BCUT2D eigenvalue weighted by atomic mass is 79.9. The smallest absolute Gasteiger partial charge is 0.348 e. The Labute approximate surface area is 200 Å². The molecule has 1 heterocycles. The molecule has 1 amide bonds. The van der Waals surface area contributed by atoms with Crippen LogP contribution in [0.15, 0.2) is 22.7 Å². The summed E-state index contributed by atoms with van der Waals surface area (Å²) in [6.45, 7) is 9.35. The number of thiophene rings is 1. The first-order chi connectivity index (χ1) is 15.1. The van der Waals surface area contributed by atoms with Crippen molar-refractivity contribution in [2.24, 2.45) is 0 Å². The van der Waals surface area contributed by atoms with Crippen LogP contribution in [0.3, 0.4) is 0 Å². The van der Waals surface area contributed by atoms with Crippen molar-refractivity contribution in [3.63, 3.8) is 0 Å². The minimum atomic E-state index is -0.590. The normalized spacial score (nSPS) is 10.7. The van der Waals surface area contributed by atoms with Crippen molar-refractivity contribution in [3.8, 4) is 5.75 Å². The lowest BCUT2D eigenvalue weighted by Gasteiger charge is -2.09. The van der Waals surface area contributed by atoms with E-state index < -0.39 is 11.9 Å². The fourth-order valence-electron chi connectivity index (χ4n) is 2.84. The molecule has 0 atom stereocenters. The minimum absolute atomic E-state index is 0.180. The number of hydrogen-bond acceptors (Lipinski definition) is 7. The lowest BCUT2D eigenvalue weighted by Crippen LogP contribution is -2.15. The molecule has 1 aromatic heterocycles. The fourth-order valence-corrected chi connectivity index (χ4v) is 4.54. The van der Waals surface area contributed by atoms with Crippen LogP contribution < -0.4 is 10.1 Å². The zero-order valence-electron chi connectivity index (χ0n) is 18.9. The molecule has 0 aliphatic carbocycles. The second-order valence-electron chi connectivity index (χ2n) is 7.37. The third-order valence-electron chi connectivity index (χ3n) is 4.30. The Morgan fingerprint density at radius 3 is 2.50 bits per heavy atom. The van der Waals surface area contributed by atoms with E-state index in [1.54, 1.807) is 27.7 Å². The Balaban J connectivity index is 2.04. The first kappa shape index (κ1) is 25.9. The molecule has 9 heteroatoms. The molecule has 0 aliphatic heterocycles. The maximum Gasteiger partial charge on any atom is 0.348 e. The summed E-state index contributed by atoms with van der Waals surface area (Å²) in [4.78, 5) is 37.6. The number of carbonyl (C=O) groups is 3. The van der Waals surface area contributed by atoms with Crippen molar-refractivity contribution in [1.29, 1.82) is 0 Å². The van der Waals surface area contributed by atoms with Crippen LogP contribution in [-0.2, 0) is 14.3 Å². The van der Waals surface area contributed by atoms with Crippen LogP contribution in [0.25, 0.3) is 0 Å². The van der Waals surface area contributed by atoms with Gasteiger partial charge in [-0.2, -0.15) is 0 Å². The molecule has 174 valence electrons. The predicted molar refractivity (Wildman–Crippen MR) is 128 cm³/mol. The predicted octanol–water partition coefficient (Wildman–Crippen LogP) is 5.67. The molecular formula is C23H28BrNO6S. The van der Waals surface area contributed by atoms with E-state index in [0.29, 0.717) is 24.3 Å². The van der Waals surface area contributed by atoms with Gasteiger partial charge in [0.1, 0.15) is 15.6 Å². The van der Waals surface area contributed by atoms with Crippen molar-refractivity contribution in [2.75, 3.05) is 18.5 Å². The Kier molecular flexibility index (Phi) is 9.71. The van der Waals surface area contributed by atoms with Crippen LogP contribution in [-0.4, -0.2) is 37.2 Å². The maximum atomic E-state index is 12.5. The van der Waals surface area contributed by atoms with Crippen molar-refractivity contribution >= 4 is 50.1 Å². The molecule has 7 nitrogen and oxygen atoms in total. The van der Waals surface area contributed by atoms with Crippen LogP contribution >= 0.6 is 27.3 Å². The molecule has 0 unspecified atom stereocenters. The van der Waals surface area contributed by atoms with Crippen molar-refractivity contribution in [1.82, 2.24) is 0 Å². The van der Waals surface area contributed by atoms with Gasteiger partial charge in [-0.3, -0.25) is 4.79 Å². The number of esters is 2. The number of nitrogens with one attached hydrogen (secondary N) is 1. The van der Waals surface area contributed by atoms with E-state index in [-0.39, 0.29) is 40.5 Å². The molecule has 1 N–H and O–H groups in total. The zero-order chi connectivity index (χ0) is 23.8. The summed E-state index contributed by atoms with van der Waals surface area (Å²) in [6, 6.07) is 5.78. The van der Waals surface area contributed by atoms with Gasteiger partial charge >= 0.3 is 11.9 Å². The highest BCUT2D eigenvalue weighted by molar-refractivity contribution is 9.10. The monoisotopic (exact) mass is 525 g/mol. The number of carbonyl (C=O) groups excluding carboxylic acids is 3. The molecule has 2 aromatic rings. The van der Waals surface area contributed by atoms with Crippen LogP contribution in [0.2, 0.25) is 0 Å². The summed E-state index contributed by atoms with van der Waals surface area (Å²) in [6.07, 6.45) is 0.365. The average Bonchev–Trinajstić information content (AvgIpc) is 3.02. The largest absolute Gasteiger partial charge is 0.492 e. The number of rotatable bonds is 10. The molecule has 32 heavy (non-hydrogen) atoms. The van der Waals surface area contributed by atoms with Crippen molar-refractivity contribution < 1.29 is 28.6 Å². The summed E-state index contributed by atoms with van der Waals surface area (Å²) in [5, 5.41) is 3.02. The van der Waals surface area contributed by atoms with Gasteiger partial charge in [-0.25, -0.2) is 9.59 Å². The van der Waals surface area contributed by atoms with E-state index in [0.717, 1.165) is 21.4 Å². The van der Waals surface area contributed by atoms with E-state index in [1.807, 2.05) is 25.1 Å². The molecule has 0 radical (unpaired) electrons. The molecule has 0 saturated heterocycles. The summed E-state index contributed by atoms with van der Waals surface area (Å²) in [7, 11) is 0. The summed E-state index contributed by atoms with van der Waals surface area (Å²) in [5.41, 5.74) is 1.73. The van der Waals surface area contributed by atoms with Gasteiger partial charge in [0.2, 0.25) is 5.91 Å². The number of amides is 1. The van der Waals surface area contributed by atoms with Gasteiger partial charge in [0.05, 0.1) is 29.4 Å². The molecule has 0 fully saturated rings. The topological polar surface area (TPSA) is 90.9 Å². The van der Waals surface area contributed by atoms with Crippen LogP contribution in [0.4, 0.5) is 5.00 Å². The van der Waals surface area contributed by atoms with Crippen LogP contribution in [0.5, 0.6) is 5.75 Å². The molecule has 0 spiro atoms. The van der Waals surface area contributed by atoms with E-state index in [2.05, 4.69) is 21.2 Å². The maximum absolute atomic E-state index is 12.5. The summed E-state index contributed by atoms with van der Waals surface area (Å²) >= 11 is 4.47. The molecule has 0 bridgehead atoms. The second kappa shape index (κ2) is 12.0. The Morgan fingerprint density at radius 2 is 1.88 bits per heavy atom. The standard InChI is InChI=1S/C23H28BrNO6S/c1-6-29-22(27)19-15(5)20(23(28)31-13(2)3)32-21(19)25-18(26)8-7-11-30-17-10-9-14(4)12-16(17)24/h9-10,12-13H,6-8,11H2,1-5H3,(H,25,26). The van der Waals surface area contributed by atoms with Gasteiger partial charge in [-0.05, 0) is 80.2 Å². The Hall–Kier alpha value is -2.39. The van der Waals surface area contributed by atoms with Crippen LogP contribution in [0, 0.1) is 13.8 Å². The lowest BCUT2D eigenvalue weighted by molar-refractivity contribution is -0.116. The van der Waals surface area contributed by atoms with E-state index >= 15 is 0 Å². The van der Waals surface area contributed by atoms with Crippen molar-refractivity contribution in [2.45, 2.75) is 53.6 Å². The second-order valence-corrected chi connectivity index (χ2v) is 9.24. The number of hydrogen-bond donors (Lipinski definition) is 1. The molecule has 0 saturated carbocycles. The van der Waals surface area contributed by atoms with E-state index in [9.17, 15) is 14.4 Å². The number of anilines is 1. The van der Waals surface area contributed by atoms with E-state index in [1.165, 1.54) is 0 Å². The van der Waals surface area contributed by atoms with Gasteiger partial charge < -0.3 is 19.5 Å². The molecule has 1 aromatic carbocycles. The minimum Gasteiger partial charge on any atom is -0.492 e. The highest BCUT2D eigenvalue weighted by Gasteiger charge is 2.27.